The molecule has 2 aliphatic carbocycles. The first kappa shape index (κ1) is 14.5. The van der Waals surface area contributed by atoms with Gasteiger partial charge in [-0.3, -0.25) is 0 Å². The van der Waals surface area contributed by atoms with Gasteiger partial charge in [-0.25, -0.2) is 0 Å². The van der Waals surface area contributed by atoms with Gasteiger partial charge in [-0.1, -0.05) is 43.4 Å². The summed E-state index contributed by atoms with van der Waals surface area (Å²) in [5.41, 5.74) is 8.16. The SMILES string of the molecule is Cc1cccc(SC2(CN)CC3(CCCCCC3)C2)c1. The molecular formula is C18H27NS. The number of hydrogen-bond acceptors (Lipinski definition) is 2. The average Bonchev–Trinajstić information content (AvgIpc) is 2.63. The fraction of sp³-hybridized carbons (Fsp3) is 0.667. The predicted octanol–water partition coefficient (Wildman–Crippen LogP) is 4.92. The van der Waals surface area contributed by atoms with E-state index in [0.717, 1.165) is 6.54 Å². The maximum Gasteiger partial charge on any atom is 0.0339 e. The van der Waals surface area contributed by atoms with Gasteiger partial charge in [0.2, 0.25) is 0 Å². The molecule has 1 aromatic rings. The highest BCUT2D eigenvalue weighted by molar-refractivity contribution is 8.00. The van der Waals surface area contributed by atoms with Crippen LogP contribution in [-0.4, -0.2) is 11.3 Å². The third kappa shape index (κ3) is 2.92. The molecule has 0 bridgehead atoms. The Labute approximate surface area is 127 Å². The molecule has 0 aliphatic heterocycles. The zero-order chi connectivity index (χ0) is 14.1. The Morgan fingerprint density at radius 2 is 1.80 bits per heavy atom. The van der Waals surface area contributed by atoms with Gasteiger partial charge in [-0.15, -0.1) is 11.8 Å². The number of aryl methyl sites for hydroxylation is 1. The minimum absolute atomic E-state index is 0.318. The van der Waals surface area contributed by atoms with Crippen LogP contribution in [0.4, 0.5) is 0 Å². The van der Waals surface area contributed by atoms with Crippen LogP contribution in [0.15, 0.2) is 29.2 Å². The quantitative estimate of drug-likeness (QED) is 0.854. The summed E-state index contributed by atoms with van der Waals surface area (Å²) >= 11 is 2.04. The van der Waals surface area contributed by atoms with Gasteiger partial charge in [-0.2, -0.15) is 0 Å². The lowest BCUT2D eigenvalue weighted by molar-refractivity contribution is 0.0659. The highest BCUT2D eigenvalue weighted by Crippen LogP contribution is 2.62. The van der Waals surface area contributed by atoms with Crippen molar-refractivity contribution in [3.05, 3.63) is 29.8 Å². The van der Waals surface area contributed by atoms with E-state index in [1.807, 2.05) is 11.8 Å². The van der Waals surface area contributed by atoms with Crippen molar-refractivity contribution in [2.45, 2.75) is 67.9 Å². The second-order valence-corrected chi connectivity index (χ2v) is 8.62. The molecule has 20 heavy (non-hydrogen) atoms. The number of hydrogen-bond donors (Lipinski definition) is 1. The smallest absolute Gasteiger partial charge is 0.0339 e. The van der Waals surface area contributed by atoms with E-state index in [4.69, 9.17) is 5.73 Å². The molecule has 0 amide bonds. The maximum atomic E-state index is 6.16. The van der Waals surface area contributed by atoms with Crippen LogP contribution < -0.4 is 5.73 Å². The molecule has 2 N–H and O–H groups in total. The van der Waals surface area contributed by atoms with Gasteiger partial charge in [0.25, 0.3) is 0 Å². The molecule has 0 heterocycles. The fourth-order valence-electron chi connectivity index (χ4n) is 4.33. The van der Waals surface area contributed by atoms with Crippen molar-refractivity contribution in [3.63, 3.8) is 0 Å². The predicted molar refractivity (Wildman–Crippen MR) is 88.2 cm³/mol. The van der Waals surface area contributed by atoms with E-state index in [2.05, 4.69) is 31.2 Å². The van der Waals surface area contributed by atoms with Gasteiger partial charge < -0.3 is 5.73 Å². The van der Waals surface area contributed by atoms with E-state index >= 15 is 0 Å². The van der Waals surface area contributed by atoms with Crippen molar-refractivity contribution in [2.75, 3.05) is 6.54 Å². The van der Waals surface area contributed by atoms with Crippen molar-refractivity contribution in [2.24, 2.45) is 11.1 Å². The minimum Gasteiger partial charge on any atom is -0.329 e. The summed E-state index contributed by atoms with van der Waals surface area (Å²) < 4.78 is 0.318. The lowest BCUT2D eigenvalue weighted by atomic mass is 9.58. The Kier molecular flexibility index (Phi) is 4.14. The molecule has 1 nitrogen and oxygen atoms in total. The molecular weight excluding hydrogens is 262 g/mol. The van der Waals surface area contributed by atoms with Crippen molar-refractivity contribution >= 4 is 11.8 Å². The molecule has 1 aromatic carbocycles. The molecule has 0 radical (unpaired) electrons. The Balaban J connectivity index is 1.68. The maximum absolute atomic E-state index is 6.16. The first-order valence-electron chi connectivity index (χ1n) is 8.11. The topological polar surface area (TPSA) is 26.0 Å². The molecule has 0 atom stereocenters. The molecule has 2 saturated carbocycles. The summed E-state index contributed by atoms with van der Waals surface area (Å²) in [6.07, 6.45) is 11.4. The van der Waals surface area contributed by atoms with E-state index in [9.17, 15) is 0 Å². The molecule has 2 heteroatoms. The summed E-state index contributed by atoms with van der Waals surface area (Å²) in [5.74, 6) is 0. The Morgan fingerprint density at radius 3 is 2.40 bits per heavy atom. The minimum atomic E-state index is 0.318. The zero-order valence-corrected chi connectivity index (χ0v) is 13.5. The van der Waals surface area contributed by atoms with Crippen molar-refractivity contribution in [3.8, 4) is 0 Å². The molecule has 110 valence electrons. The summed E-state index contributed by atoms with van der Waals surface area (Å²) in [4.78, 5) is 1.40. The summed E-state index contributed by atoms with van der Waals surface area (Å²) in [5, 5.41) is 0. The van der Waals surface area contributed by atoms with Gasteiger partial charge in [0.15, 0.2) is 0 Å². The van der Waals surface area contributed by atoms with E-state index in [1.54, 1.807) is 0 Å². The van der Waals surface area contributed by atoms with Gasteiger partial charge in [-0.05, 0) is 50.2 Å². The molecule has 0 saturated heterocycles. The molecule has 0 aromatic heterocycles. The second-order valence-electron chi connectivity index (χ2n) is 7.07. The largest absolute Gasteiger partial charge is 0.329 e. The number of thioether (sulfide) groups is 1. The van der Waals surface area contributed by atoms with Crippen LogP contribution in [0.2, 0.25) is 0 Å². The molecule has 1 spiro atoms. The average molecular weight is 289 g/mol. The number of benzene rings is 1. The monoisotopic (exact) mass is 289 g/mol. The second kappa shape index (κ2) is 5.73. The van der Waals surface area contributed by atoms with Gasteiger partial charge in [0.05, 0.1) is 0 Å². The summed E-state index contributed by atoms with van der Waals surface area (Å²) in [7, 11) is 0. The molecule has 3 rings (SSSR count). The van der Waals surface area contributed by atoms with Crippen LogP contribution in [0, 0.1) is 12.3 Å². The highest BCUT2D eigenvalue weighted by Gasteiger charge is 2.53. The van der Waals surface area contributed by atoms with Gasteiger partial charge in [0.1, 0.15) is 0 Å². The van der Waals surface area contributed by atoms with Crippen LogP contribution in [0.5, 0.6) is 0 Å². The zero-order valence-electron chi connectivity index (χ0n) is 12.7. The van der Waals surface area contributed by atoms with Crippen LogP contribution in [0.1, 0.15) is 56.9 Å². The van der Waals surface area contributed by atoms with Crippen molar-refractivity contribution in [1.82, 2.24) is 0 Å². The van der Waals surface area contributed by atoms with Crippen LogP contribution in [-0.2, 0) is 0 Å². The fourth-order valence-corrected chi connectivity index (χ4v) is 6.07. The van der Waals surface area contributed by atoms with Gasteiger partial charge in [0, 0.05) is 16.2 Å². The molecule has 2 fully saturated rings. The lowest BCUT2D eigenvalue weighted by Crippen LogP contribution is -2.53. The van der Waals surface area contributed by atoms with Crippen LogP contribution >= 0.6 is 11.8 Å². The Morgan fingerprint density at radius 1 is 1.10 bits per heavy atom. The third-order valence-electron chi connectivity index (χ3n) is 5.25. The van der Waals surface area contributed by atoms with Crippen LogP contribution in [0.3, 0.4) is 0 Å². The first-order chi connectivity index (χ1) is 9.65. The van der Waals surface area contributed by atoms with E-state index in [-0.39, 0.29) is 0 Å². The Bertz CT molecular complexity index is 452. The molecule has 0 unspecified atom stereocenters. The van der Waals surface area contributed by atoms with Crippen molar-refractivity contribution in [1.29, 1.82) is 0 Å². The van der Waals surface area contributed by atoms with Crippen molar-refractivity contribution < 1.29 is 0 Å². The molecule has 2 aliphatic rings. The number of rotatable bonds is 3. The lowest BCUT2D eigenvalue weighted by Gasteiger charge is -2.56. The summed E-state index contributed by atoms with van der Waals surface area (Å²) in [6.45, 7) is 3.00. The summed E-state index contributed by atoms with van der Waals surface area (Å²) in [6, 6.07) is 8.89. The van der Waals surface area contributed by atoms with E-state index in [0.29, 0.717) is 10.2 Å². The Hall–Kier alpha value is -0.470. The van der Waals surface area contributed by atoms with E-state index in [1.165, 1.54) is 61.8 Å². The standard InChI is InChI=1S/C18H27NS/c1-15-7-6-8-16(11-15)20-18(14-19)12-17(13-18)9-4-2-3-5-10-17/h6-8,11H,2-5,9-10,12-14,19H2,1H3. The highest BCUT2D eigenvalue weighted by atomic mass is 32.2. The van der Waals surface area contributed by atoms with Gasteiger partial charge >= 0.3 is 0 Å². The normalized spacial score (nSPS) is 24.1. The number of nitrogens with two attached hydrogens (primary N) is 1. The van der Waals surface area contributed by atoms with E-state index < -0.39 is 0 Å². The van der Waals surface area contributed by atoms with Crippen LogP contribution in [0.25, 0.3) is 0 Å². The first-order valence-corrected chi connectivity index (χ1v) is 8.93. The third-order valence-corrected chi connectivity index (χ3v) is 6.63.